The Hall–Kier alpha value is -5.44. The quantitative estimate of drug-likeness (QED) is 0.212. The number of nitrogens with one attached hydrogen (secondary N) is 2. The van der Waals surface area contributed by atoms with Gasteiger partial charge in [-0.25, -0.2) is 4.39 Å². The van der Waals surface area contributed by atoms with Gasteiger partial charge in [0.2, 0.25) is 0 Å². The molecule has 1 heterocycles. The molecule has 1 aliphatic rings. The molecule has 0 saturated heterocycles. The lowest BCUT2D eigenvalue weighted by atomic mass is 9.97. The smallest absolute Gasteiger partial charge is 0.255 e. The average molecular weight is 578 g/mol. The SMILES string of the molecule is CNC(=O)c1c(-c2ccc(F)cc2)oc2ccc(-c3cc(C(=O)NC4(c5ccccc5)CC4)ccc3OCC(N)=O)cc12. The number of ether oxygens (including phenoxy) is 1. The number of rotatable bonds is 9. The molecule has 3 amide bonds. The van der Waals surface area contributed by atoms with Gasteiger partial charge in [-0.1, -0.05) is 36.4 Å². The molecule has 0 aliphatic heterocycles. The number of benzene rings is 4. The third-order valence-corrected chi connectivity index (χ3v) is 7.60. The van der Waals surface area contributed by atoms with E-state index in [0.717, 1.165) is 18.4 Å². The Morgan fingerprint density at radius 2 is 1.63 bits per heavy atom. The summed E-state index contributed by atoms with van der Waals surface area (Å²) in [6, 6.07) is 25.7. The molecule has 43 heavy (non-hydrogen) atoms. The highest BCUT2D eigenvalue weighted by Gasteiger charge is 2.45. The third kappa shape index (κ3) is 5.44. The van der Waals surface area contributed by atoms with Crippen LogP contribution in [0.4, 0.5) is 4.39 Å². The zero-order valence-electron chi connectivity index (χ0n) is 23.3. The molecule has 0 bridgehead atoms. The molecular formula is C34H28FN3O5. The Balaban J connectivity index is 1.43. The van der Waals surface area contributed by atoms with E-state index in [4.69, 9.17) is 14.9 Å². The number of furan rings is 1. The van der Waals surface area contributed by atoms with Crippen molar-refractivity contribution >= 4 is 28.7 Å². The van der Waals surface area contributed by atoms with Crippen LogP contribution in [0.5, 0.6) is 5.75 Å². The Morgan fingerprint density at radius 1 is 0.907 bits per heavy atom. The van der Waals surface area contributed by atoms with Crippen molar-refractivity contribution < 1.29 is 27.9 Å². The van der Waals surface area contributed by atoms with Gasteiger partial charge in [0.05, 0.1) is 11.1 Å². The largest absolute Gasteiger partial charge is 0.483 e. The number of amides is 3. The first kappa shape index (κ1) is 27.7. The molecule has 5 aromatic rings. The fourth-order valence-electron chi connectivity index (χ4n) is 5.25. The second-order valence-electron chi connectivity index (χ2n) is 10.5. The lowest BCUT2D eigenvalue weighted by molar-refractivity contribution is -0.119. The summed E-state index contributed by atoms with van der Waals surface area (Å²) in [5.74, 6) is -1.07. The maximum absolute atomic E-state index is 13.6. The van der Waals surface area contributed by atoms with Gasteiger partial charge in [0.1, 0.15) is 22.9 Å². The van der Waals surface area contributed by atoms with Crippen LogP contribution in [-0.2, 0) is 10.3 Å². The monoisotopic (exact) mass is 577 g/mol. The predicted molar refractivity (Wildman–Crippen MR) is 160 cm³/mol. The van der Waals surface area contributed by atoms with E-state index in [9.17, 15) is 18.8 Å². The Labute approximate surface area is 246 Å². The van der Waals surface area contributed by atoms with Crippen molar-refractivity contribution in [3.63, 3.8) is 0 Å². The molecule has 1 aromatic heterocycles. The van der Waals surface area contributed by atoms with E-state index in [1.807, 2.05) is 30.3 Å². The number of primary amides is 1. The molecule has 1 saturated carbocycles. The van der Waals surface area contributed by atoms with Crippen LogP contribution in [0.3, 0.4) is 0 Å². The molecule has 8 nitrogen and oxygen atoms in total. The highest BCUT2D eigenvalue weighted by molar-refractivity contribution is 6.12. The molecule has 216 valence electrons. The molecule has 1 fully saturated rings. The summed E-state index contributed by atoms with van der Waals surface area (Å²) in [5, 5.41) is 6.34. The van der Waals surface area contributed by atoms with E-state index in [1.165, 1.54) is 19.2 Å². The number of fused-ring (bicyclic) bond motifs is 1. The summed E-state index contributed by atoms with van der Waals surface area (Å²) in [6.45, 7) is -0.359. The van der Waals surface area contributed by atoms with Gasteiger partial charge in [-0.3, -0.25) is 14.4 Å². The number of nitrogens with two attached hydrogens (primary N) is 1. The maximum atomic E-state index is 13.6. The minimum absolute atomic E-state index is 0.252. The molecule has 0 spiro atoms. The van der Waals surface area contributed by atoms with Gasteiger partial charge < -0.3 is 25.5 Å². The Bertz CT molecular complexity index is 1860. The van der Waals surface area contributed by atoms with Crippen LogP contribution in [0, 0.1) is 5.82 Å². The summed E-state index contributed by atoms with van der Waals surface area (Å²) in [6.07, 6.45) is 1.68. The van der Waals surface area contributed by atoms with E-state index in [2.05, 4.69) is 10.6 Å². The summed E-state index contributed by atoms with van der Waals surface area (Å²) < 4.78 is 25.4. The van der Waals surface area contributed by atoms with Crippen molar-refractivity contribution in [3.05, 3.63) is 114 Å². The van der Waals surface area contributed by atoms with Gasteiger partial charge in [0.15, 0.2) is 6.61 Å². The minimum atomic E-state index is -0.651. The summed E-state index contributed by atoms with van der Waals surface area (Å²) in [5.41, 5.74) is 8.77. The van der Waals surface area contributed by atoms with E-state index in [-0.39, 0.29) is 24.0 Å². The Morgan fingerprint density at radius 3 is 2.30 bits per heavy atom. The zero-order valence-corrected chi connectivity index (χ0v) is 23.3. The molecule has 1 aliphatic carbocycles. The van der Waals surface area contributed by atoms with Crippen LogP contribution in [0.2, 0.25) is 0 Å². The number of carbonyl (C=O) groups excluding carboxylic acids is 3. The molecule has 0 atom stereocenters. The lowest BCUT2D eigenvalue weighted by Crippen LogP contribution is -2.34. The fraction of sp³-hybridized carbons (Fsp3) is 0.147. The standard InChI is InChI=1S/C34H28FN3O5/c1-37-33(41)30-26-17-21(9-14-28(26)43-31(30)20-7-11-24(35)12-8-20)25-18-22(10-13-27(25)42-19-29(36)39)32(40)38-34(15-16-34)23-5-3-2-4-6-23/h2-14,17-18H,15-16,19H2,1H3,(H2,36,39)(H,37,41)(H,38,40). The molecule has 0 unspecified atom stereocenters. The van der Waals surface area contributed by atoms with Gasteiger partial charge in [-0.15, -0.1) is 0 Å². The van der Waals surface area contributed by atoms with Crippen molar-refractivity contribution in [1.82, 2.24) is 10.6 Å². The van der Waals surface area contributed by atoms with Crippen molar-refractivity contribution in [2.45, 2.75) is 18.4 Å². The summed E-state index contributed by atoms with van der Waals surface area (Å²) in [7, 11) is 1.51. The lowest BCUT2D eigenvalue weighted by Gasteiger charge is -2.19. The van der Waals surface area contributed by atoms with Crippen LogP contribution in [0.1, 0.15) is 39.1 Å². The molecular weight excluding hydrogens is 549 g/mol. The van der Waals surface area contributed by atoms with Crippen molar-refractivity contribution in [2.24, 2.45) is 5.73 Å². The second kappa shape index (κ2) is 11.1. The minimum Gasteiger partial charge on any atom is -0.483 e. The first-order chi connectivity index (χ1) is 20.8. The molecule has 9 heteroatoms. The van der Waals surface area contributed by atoms with E-state index < -0.39 is 17.3 Å². The van der Waals surface area contributed by atoms with Crippen molar-refractivity contribution in [2.75, 3.05) is 13.7 Å². The second-order valence-corrected chi connectivity index (χ2v) is 10.5. The highest BCUT2D eigenvalue weighted by atomic mass is 19.1. The topological polar surface area (TPSA) is 124 Å². The molecule has 4 aromatic carbocycles. The number of hydrogen-bond donors (Lipinski definition) is 3. The van der Waals surface area contributed by atoms with Gasteiger partial charge in [0.25, 0.3) is 17.7 Å². The predicted octanol–water partition coefficient (Wildman–Crippen LogP) is 5.55. The normalized spacial score (nSPS) is 13.3. The van der Waals surface area contributed by atoms with Crippen LogP contribution in [0.15, 0.2) is 95.4 Å². The third-order valence-electron chi connectivity index (χ3n) is 7.60. The average Bonchev–Trinajstić information content (AvgIpc) is 3.71. The first-order valence-electron chi connectivity index (χ1n) is 13.8. The zero-order chi connectivity index (χ0) is 30.1. The summed E-state index contributed by atoms with van der Waals surface area (Å²) in [4.78, 5) is 38.1. The van der Waals surface area contributed by atoms with Gasteiger partial charge >= 0.3 is 0 Å². The van der Waals surface area contributed by atoms with Crippen LogP contribution < -0.4 is 21.1 Å². The fourth-order valence-corrected chi connectivity index (χ4v) is 5.25. The van der Waals surface area contributed by atoms with E-state index >= 15 is 0 Å². The molecule has 0 radical (unpaired) electrons. The highest BCUT2D eigenvalue weighted by Crippen LogP contribution is 2.46. The number of halogens is 1. The molecule has 4 N–H and O–H groups in total. The van der Waals surface area contributed by atoms with Gasteiger partial charge in [0, 0.05) is 29.1 Å². The summed E-state index contributed by atoms with van der Waals surface area (Å²) >= 11 is 0. The van der Waals surface area contributed by atoms with Gasteiger partial charge in [-0.05, 0) is 78.6 Å². The van der Waals surface area contributed by atoms with Gasteiger partial charge in [-0.2, -0.15) is 0 Å². The molecule has 6 rings (SSSR count). The van der Waals surface area contributed by atoms with E-state index in [1.54, 1.807) is 48.5 Å². The number of carbonyl (C=O) groups is 3. The maximum Gasteiger partial charge on any atom is 0.255 e. The number of hydrogen-bond acceptors (Lipinski definition) is 5. The Kier molecular flexibility index (Phi) is 7.15. The van der Waals surface area contributed by atoms with Crippen molar-refractivity contribution in [1.29, 1.82) is 0 Å². The van der Waals surface area contributed by atoms with E-state index in [0.29, 0.717) is 44.7 Å². The van der Waals surface area contributed by atoms with Crippen LogP contribution in [-0.4, -0.2) is 31.4 Å². The van der Waals surface area contributed by atoms with Crippen LogP contribution in [0.25, 0.3) is 33.4 Å². The van der Waals surface area contributed by atoms with Crippen molar-refractivity contribution in [3.8, 4) is 28.2 Å². The van der Waals surface area contributed by atoms with Crippen LogP contribution >= 0.6 is 0 Å². The first-order valence-corrected chi connectivity index (χ1v) is 13.8.